The van der Waals surface area contributed by atoms with Crippen molar-refractivity contribution < 1.29 is 14.3 Å². The summed E-state index contributed by atoms with van der Waals surface area (Å²) in [6.07, 6.45) is 0. The van der Waals surface area contributed by atoms with Gasteiger partial charge in [0.05, 0.1) is 19.3 Å². The average Bonchev–Trinajstić information content (AvgIpc) is 3.34. The Morgan fingerprint density at radius 1 is 1.10 bits per heavy atom. The highest BCUT2D eigenvalue weighted by atomic mass is 35.5. The number of hydrogen-bond acceptors (Lipinski definition) is 5. The van der Waals surface area contributed by atoms with Crippen molar-refractivity contribution in [3.05, 3.63) is 87.1 Å². The van der Waals surface area contributed by atoms with Gasteiger partial charge in [0.1, 0.15) is 12.4 Å². The van der Waals surface area contributed by atoms with E-state index in [0.717, 1.165) is 37.6 Å². The monoisotopic (exact) mass is 456 g/mol. The lowest BCUT2D eigenvalue weighted by Gasteiger charge is -2.34. The molecule has 1 amide bonds. The van der Waals surface area contributed by atoms with Gasteiger partial charge in [-0.15, -0.1) is 11.3 Å². The molecule has 1 N–H and O–H groups in total. The van der Waals surface area contributed by atoms with E-state index in [9.17, 15) is 4.79 Å². The number of hydrogen-bond donors (Lipinski definition) is 1. The first-order valence-corrected chi connectivity index (χ1v) is 11.6. The van der Waals surface area contributed by atoms with Crippen LogP contribution in [0.5, 0.6) is 5.75 Å². The number of carbonyl (C=O) groups excluding carboxylic acids is 1. The van der Waals surface area contributed by atoms with Gasteiger partial charge in [0.25, 0.3) is 5.91 Å². The molecule has 0 bridgehead atoms. The summed E-state index contributed by atoms with van der Waals surface area (Å²) >= 11 is 7.62. The smallest absolute Gasteiger partial charge is 0.251 e. The molecule has 2 aromatic carbocycles. The molecule has 31 heavy (non-hydrogen) atoms. The van der Waals surface area contributed by atoms with E-state index >= 15 is 0 Å². The Bertz CT molecular complexity index is 956. The molecule has 1 unspecified atom stereocenters. The van der Waals surface area contributed by atoms with E-state index in [1.165, 1.54) is 4.88 Å². The van der Waals surface area contributed by atoms with Crippen LogP contribution in [0.4, 0.5) is 0 Å². The summed E-state index contributed by atoms with van der Waals surface area (Å²) < 4.78 is 11.2. The lowest BCUT2D eigenvalue weighted by molar-refractivity contribution is 0.0169. The van der Waals surface area contributed by atoms with Gasteiger partial charge in [0, 0.05) is 35.1 Å². The molecule has 2 heterocycles. The van der Waals surface area contributed by atoms with Crippen molar-refractivity contribution in [2.75, 3.05) is 32.8 Å². The molecule has 1 saturated heterocycles. The summed E-state index contributed by atoms with van der Waals surface area (Å²) in [5.74, 6) is 0.689. The molecule has 4 rings (SSSR count). The molecular formula is C24H25ClN2O3S. The first-order chi connectivity index (χ1) is 15.2. The second-order valence-corrected chi connectivity index (χ2v) is 8.74. The normalized spacial score (nSPS) is 15.4. The SMILES string of the molecule is O=C(NCC(c1cccs1)N1CCOCC1)c1ccc(COc2ccc(Cl)cc2)cc1. The van der Waals surface area contributed by atoms with E-state index in [4.69, 9.17) is 21.1 Å². The van der Waals surface area contributed by atoms with E-state index in [-0.39, 0.29) is 11.9 Å². The van der Waals surface area contributed by atoms with Gasteiger partial charge >= 0.3 is 0 Å². The quantitative estimate of drug-likeness (QED) is 0.529. The van der Waals surface area contributed by atoms with Crippen molar-refractivity contribution in [1.29, 1.82) is 0 Å². The van der Waals surface area contributed by atoms with Crippen LogP contribution in [-0.2, 0) is 11.3 Å². The Balaban J connectivity index is 1.32. The first-order valence-electron chi connectivity index (χ1n) is 10.3. The molecule has 1 aromatic heterocycles. The van der Waals surface area contributed by atoms with Gasteiger partial charge < -0.3 is 14.8 Å². The highest BCUT2D eigenvalue weighted by Crippen LogP contribution is 2.25. The molecule has 1 atom stereocenters. The number of ether oxygens (including phenoxy) is 2. The molecule has 1 aliphatic heterocycles. The topological polar surface area (TPSA) is 50.8 Å². The zero-order valence-electron chi connectivity index (χ0n) is 17.1. The fraction of sp³-hybridized carbons (Fsp3) is 0.292. The summed E-state index contributed by atoms with van der Waals surface area (Å²) in [5, 5.41) is 5.87. The van der Waals surface area contributed by atoms with Crippen molar-refractivity contribution in [2.24, 2.45) is 0 Å². The number of halogens is 1. The Hall–Kier alpha value is -2.38. The third-order valence-electron chi connectivity index (χ3n) is 5.25. The van der Waals surface area contributed by atoms with Crippen LogP contribution in [0, 0.1) is 0 Å². The van der Waals surface area contributed by atoms with Crippen molar-refractivity contribution in [3.63, 3.8) is 0 Å². The van der Waals surface area contributed by atoms with E-state index in [1.54, 1.807) is 23.5 Å². The van der Waals surface area contributed by atoms with Gasteiger partial charge in [-0.3, -0.25) is 9.69 Å². The molecule has 0 spiro atoms. The van der Waals surface area contributed by atoms with Crippen LogP contribution >= 0.6 is 22.9 Å². The maximum absolute atomic E-state index is 12.7. The lowest BCUT2D eigenvalue weighted by atomic mass is 10.1. The molecule has 7 heteroatoms. The number of rotatable bonds is 8. The number of morpholine rings is 1. The van der Waals surface area contributed by atoms with Crippen molar-refractivity contribution in [1.82, 2.24) is 10.2 Å². The lowest BCUT2D eigenvalue weighted by Crippen LogP contribution is -2.43. The van der Waals surface area contributed by atoms with Crippen molar-refractivity contribution in [2.45, 2.75) is 12.6 Å². The van der Waals surface area contributed by atoms with Gasteiger partial charge in [-0.2, -0.15) is 0 Å². The minimum atomic E-state index is -0.0695. The van der Waals surface area contributed by atoms with Crippen molar-refractivity contribution in [3.8, 4) is 5.75 Å². The van der Waals surface area contributed by atoms with Crippen LogP contribution in [-0.4, -0.2) is 43.7 Å². The highest BCUT2D eigenvalue weighted by molar-refractivity contribution is 7.10. The van der Waals surface area contributed by atoms with Gasteiger partial charge in [0.15, 0.2) is 0 Å². The molecule has 0 radical (unpaired) electrons. The number of nitrogens with one attached hydrogen (secondary N) is 1. The third kappa shape index (κ3) is 6.08. The van der Waals surface area contributed by atoms with Gasteiger partial charge in [-0.25, -0.2) is 0 Å². The minimum absolute atomic E-state index is 0.0695. The second-order valence-electron chi connectivity index (χ2n) is 7.33. The highest BCUT2D eigenvalue weighted by Gasteiger charge is 2.24. The number of amides is 1. The molecule has 0 saturated carbocycles. The minimum Gasteiger partial charge on any atom is -0.489 e. The molecule has 0 aliphatic carbocycles. The zero-order chi connectivity index (χ0) is 21.5. The van der Waals surface area contributed by atoms with E-state index in [0.29, 0.717) is 23.7 Å². The van der Waals surface area contributed by atoms with Crippen LogP contribution in [0.25, 0.3) is 0 Å². The van der Waals surface area contributed by atoms with E-state index in [1.807, 2.05) is 36.4 Å². The maximum Gasteiger partial charge on any atom is 0.251 e. The van der Waals surface area contributed by atoms with Gasteiger partial charge in [-0.1, -0.05) is 29.8 Å². The molecule has 3 aromatic rings. The van der Waals surface area contributed by atoms with E-state index in [2.05, 4.69) is 27.7 Å². The average molecular weight is 457 g/mol. The molecule has 1 aliphatic rings. The van der Waals surface area contributed by atoms with Gasteiger partial charge in [-0.05, 0) is 53.4 Å². The van der Waals surface area contributed by atoms with Crippen LogP contribution in [0.2, 0.25) is 5.02 Å². The Kier molecular flexibility index (Phi) is 7.59. The van der Waals surface area contributed by atoms with Crippen LogP contribution in [0.15, 0.2) is 66.0 Å². The van der Waals surface area contributed by atoms with Crippen LogP contribution in [0.1, 0.15) is 26.8 Å². The summed E-state index contributed by atoms with van der Waals surface area (Å²) in [6.45, 7) is 4.22. The molecule has 162 valence electrons. The molecule has 5 nitrogen and oxygen atoms in total. The first kappa shape index (κ1) is 21.8. The summed E-state index contributed by atoms with van der Waals surface area (Å²) in [5.41, 5.74) is 1.64. The largest absolute Gasteiger partial charge is 0.489 e. The summed E-state index contributed by atoms with van der Waals surface area (Å²) in [4.78, 5) is 16.4. The van der Waals surface area contributed by atoms with Crippen LogP contribution in [0.3, 0.4) is 0 Å². The standard InChI is InChI=1S/C24H25ClN2O3S/c25-20-7-9-21(10-8-20)30-17-18-3-5-19(6-4-18)24(28)26-16-22(23-2-1-15-31-23)27-11-13-29-14-12-27/h1-10,15,22H,11-14,16-17H2,(H,26,28). The molecular weight excluding hydrogens is 432 g/mol. The Morgan fingerprint density at radius 3 is 2.52 bits per heavy atom. The fourth-order valence-electron chi connectivity index (χ4n) is 3.52. The number of nitrogens with zero attached hydrogens (tertiary/aromatic N) is 1. The number of benzene rings is 2. The maximum atomic E-state index is 12.7. The third-order valence-corrected chi connectivity index (χ3v) is 6.47. The zero-order valence-corrected chi connectivity index (χ0v) is 18.7. The predicted octanol–water partition coefficient (Wildman–Crippen LogP) is 4.78. The fourth-order valence-corrected chi connectivity index (χ4v) is 4.51. The summed E-state index contributed by atoms with van der Waals surface area (Å²) in [7, 11) is 0. The Labute approximate surface area is 191 Å². The number of carbonyl (C=O) groups is 1. The second kappa shape index (κ2) is 10.8. The van der Waals surface area contributed by atoms with Crippen molar-refractivity contribution >= 4 is 28.8 Å². The Morgan fingerprint density at radius 2 is 1.84 bits per heavy atom. The van der Waals surface area contributed by atoms with Gasteiger partial charge in [0.2, 0.25) is 0 Å². The van der Waals surface area contributed by atoms with Crippen LogP contribution < -0.4 is 10.1 Å². The summed E-state index contributed by atoms with van der Waals surface area (Å²) in [6, 6.07) is 19.1. The van der Waals surface area contributed by atoms with E-state index < -0.39 is 0 Å². The number of thiophene rings is 1. The molecule has 1 fully saturated rings. The predicted molar refractivity (Wildman–Crippen MR) is 124 cm³/mol.